The van der Waals surface area contributed by atoms with E-state index in [4.69, 9.17) is 0 Å². The Labute approximate surface area is 150 Å². The number of amides is 1. The van der Waals surface area contributed by atoms with E-state index in [1.165, 1.54) is 12.8 Å². The molecule has 126 valence electrons. The summed E-state index contributed by atoms with van der Waals surface area (Å²) >= 11 is 3.49. The van der Waals surface area contributed by atoms with Crippen LogP contribution in [-0.2, 0) is 0 Å². The first-order chi connectivity index (χ1) is 11.5. The molecule has 0 atom stereocenters. The molecule has 1 heterocycles. The first-order valence-corrected chi connectivity index (χ1v) is 9.00. The maximum Gasteiger partial charge on any atom is 0.270 e. The van der Waals surface area contributed by atoms with Gasteiger partial charge < -0.3 is 10.6 Å². The van der Waals surface area contributed by atoms with E-state index in [-0.39, 0.29) is 11.9 Å². The second kappa shape index (κ2) is 7.30. The van der Waals surface area contributed by atoms with E-state index in [9.17, 15) is 4.79 Å². The number of carbonyl (C=O) groups excluding carboxylic acids is 1. The number of anilines is 2. The predicted molar refractivity (Wildman–Crippen MR) is 98.7 cm³/mol. The Morgan fingerprint density at radius 1 is 1.17 bits per heavy atom. The number of rotatable bonds is 4. The van der Waals surface area contributed by atoms with Crippen LogP contribution >= 0.6 is 15.9 Å². The van der Waals surface area contributed by atoms with Crippen molar-refractivity contribution >= 4 is 33.5 Å². The molecule has 2 aromatic rings. The monoisotopic (exact) mass is 388 g/mol. The van der Waals surface area contributed by atoms with E-state index in [0.29, 0.717) is 11.6 Å². The lowest BCUT2D eigenvalue weighted by Crippen LogP contribution is -2.33. The fourth-order valence-corrected chi connectivity index (χ4v) is 3.17. The third kappa shape index (κ3) is 4.12. The quantitative estimate of drug-likeness (QED) is 0.820. The molecule has 1 aliphatic rings. The lowest BCUT2D eigenvalue weighted by Gasteiger charge is -2.13. The van der Waals surface area contributed by atoms with Crippen LogP contribution < -0.4 is 10.6 Å². The molecule has 0 bridgehead atoms. The van der Waals surface area contributed by atoms with Crippen LogP contribution in [0.15, 0.2) is 28.7 Å². The van der Waals surface area contributed by atoms with Gasteiger partial charge in [-0.15, -0.1) is 0 Å². The van der Waals surface area contributed by atoms with Crippen LogP contribution in [0.1, 0.15) is 47.4 Å². The first kappa shape index (κ1) is 16.9. The number of benzene rings is 1. The molecular formula is C18H21BrN4O. The van der Waals surface area contributed by atoms with Crippen molar-refractivity contribution in [2.24, 2.45) is 0 Å². The fraction of sp³-hybridized carbons (Fsp3) is 0.389. The van der Waals surface area contributed by atoms with Crippen molar-refractivity contribution in [3.8, 4) is 0 Å². The van der Waals surface area contributed by atoms with Crippen LogP contribution in [0.25, 0.3) is 0 Å². The largest absolute Gasteiger partial charge is 0.348 e. The fourth-order valence-electron chi connectivity index (χ4n) is 2.92. The number of carbonyl (C=O) groups is 1. The van der Waals surface area contributed by atoms with E-state index in [1.54, 1.807) is 6.07 Å². The van der Waals surface area contributed by atoms with E-state index in [2.05, 4.69) is 36.5 Å². The maximum absolute atomic E-state index is 12.4. The van der Waals surface area contributed by atoms with Gasteiger partial charge in [-0.25, -0.2) is 9.97 Å². The minimum Gasteiger partial charge on any atom is -0.348 e. The van der Waals surface area contributed by atoms with Gasteiger partial charge in [-0.1, -0.05) is 28.8 Å². The SMILES string of the molecule is Cc1cc(C(=O)NC2CCCC2)nc(Nc2ccc(Br)c(C)c2)n1. The molecule has 0 saturated heterocycles. The highest BCUT2D eigenvalue weighted by Gasteiger charge is 2.19. The Morgan fingerprint density at radius 3 is 2.62 bits per heavy atom. The third-order valence-corrected chi connectivity index (χ3v) is 5.08. The van der Waals surface area contributed by atoms with Crippen molar-refractivity contribution in [2.75, 3.05) is 5.32 Å². The van der Waals surface area contributed by atoms with Gasteiger partial charge in [0, 0.05) is 21.9 Å². The number of nitrogens with zero attached hydrogens (tertiary/aromatic N) is 2. The number of halogens is 1. The van der Waals surface area contributed by atoms with Crippen LogP contribution in [0.3, 0.4) is 0 Å². The van der Waals surface area contributed by atoms with Crippen molar-refractivity contribution in [3.05, 3.63) is 45.7 Å². The Bertz CT molecular complexity index is 757. The maximum atomic E-state index is 12.4. The zero-order chi connectivity index (χ0) is 17.1. The van der Waals surface area contributed by atoms with Crippen molar-refractivity contribution in [2.45, 2.75) is 45.6 Å². The number of aromatic nitrogens is 2. The van der Waals surface area contributed by atoms with E-state index >= 15 is 0 Å². The van der Waals surface area contributed by atoms with Crippen LogP contribution in [0, 0.1) is 13.8 Å². The smallest absolute Gasteiger partial charge is 0.270 e. The van der Waals surface area contributed by atoms with Crippen LogP contribution in [0.4, 0.5) is 11.6 Å². The zero-order valence-electron chi connectivity index (χ0n) is 13.9. The molecule has 0 unspecified atom stereocenters. The summed E-state index contributed by atoms with van der Waals surface area (Å²) in [6.45, 7) is 3.89. The normalized spacial score (nSPS) is 14.6. The first-order valence-electron chi connectivity index (χ1n) is 8.21. The summed E-state index contributed by atoms with van der Waals surface area (Å²) in [7, 11) is 0. The highest BCUT2D eigenvalue weighted by Crippen LogP contribution is 2.22. The molecule has 0 spiro atoms. The van der Waals surface area contributed by atoms with Gasteiger partial charge in [-0.05, 0) is 56.5 Å². The van der Waals surface area contributed by atoms with E-state index in [0.717, 1.165) is 34.3 Å². The van der Waals surface area contributed by atoms with Gasteiger partial charge in [-0.3, -0.25) is 4.79 Å². The minimum absolute atomic E-state index is 0.123. The zero-order valence-corrected chi connectivity index (χ0v) is 15.5. The topological polar surface area (TPSA) is 66.9 Å². The van der Waals surface area contributed by atoms with Crippen LogP contribution in [0.5, 0.6) is 0 Å². The van der Waals surface area contributed by atoms with Crippen molar-refractivity contribution in [1.82, 2.24) is 15.3 Å². The predicted octanol–water partition coefficient (Wildman–Crippen LogP) is 4.27. The van der Waals surface area contributed by atoms with Gasteiger partial charge in [-0.2, -0.15) is 0 Å². The van der Waals surface area contributed by atoms with Crippen LogP contribution in [-0.4, -0.2) is 21.9 Å². The van der Waals surface area contributed by atoms with Crippen molar-refractivity contribution < 1.29 is 4.79 Å². The summed E-state index contributed by atoms with van der Waals surface area (Å²) in [6.07, 6.45) is 4.48. The Balaban J connectivity index is 1.77. The minimum atomic E-state index is -0.123. The van der Waals surface area contributed by atoms with Crippen LogP contribution in [0.2, 0.25) is 0 Å². The molecule has 1 saturated carbocycles. The highest BCUT2D eigenvalue weighted by atomic mass is 79.9. The summed E-state index contributed by atoms with van der Waals surface area (Å²) in [5.41, 5.74) is 3.18. The number of hydrogen-bond acceptors (Lipinski definition) is 4. The molecule has 1 aromatic carbocycles. The molecule has 3 rings (SSSR count). The number of aryl methyl sites for hydroxylation is 2. The summed E-state index contributed by atoms with van der Waals surface area (Å²) in [5, 5.41) is 6.25. The standard InChI is InChI=1S/C18H21BrN4O/c1-11-9-14(7-8-15(11)19)22-18-20-12(2)10-16(23-18)17(24)21-13-5-3-4-6-13/h7-10,13H,3-6H2,1-2H3,(H,21,24)(H,20,22,23). The lowest BCUT2D eigenvalue weighted by atomic mass is 10.2. The Morgan fingerprint density at radius 2 is 1.92 bits per heavy atom. The summed E-state index contributed by atoms with van der Waals surface area (Å²) in [5.74, 6) is 0.315. The molecule has 24 heavy (non-hydrogen) atoms. The molecule has 6 heteroatoms. The molecule has 5 nitrogen and oxygen atoms in total. The molecule has 1 aromatic heterocycles. The molecule has 1 aliphatic carbocycles. The third-order valence-electron chi connectivity index (χ3n) is 4.19. The molecule has 0 radical (unpaired) electrons. The van der Waals surface area contributed by atoms with Gasteiger partial charge in [0.05, 0.1) is 0 Å². The lowest BCUT2D eigenvalue weighted by molar-refractivity contribution is 0.0932. The van der Waals surface area contributed by atoms with Gasteiger partial charge in [0.1, 0.15) is 5.69 Å². The molecule has 1 amide bonds. The van der Waals surface area contributed by atoms with E-state index < -0.39 is 0 Å². The molecule has 0 aliphatic heterocycles. The average Bonchev–Trinajstić information content (AvgIpc) is 3.03. The van der Waals surface area contributed by atoms with E-state index in [1.807, 2.05) is 32.0 Å². The van der Waals surface area contributed by atoms with Gasteiger partial charge >= 0.3 is 0 Å². The Kier molecular flexibility index (Phi) is 5.14. The second-order valence-electron chi connectivity index (χ2n) is 6.26. The summed E-state index contributed by atoms with van der Waals surface area (Å²) in [6, 6.07) is 7.93. The average molecular weight is 389 g/mol. The van der Waals surface area contributed by atoms with Crippen molar-refractivity contribution in [1.29, 1.82) is 0 Å². The number of hydrogen-bond donors (Lipinski definition) is 2. The molecular weight excluding hydrogens is 368 g/mol. The summed E-state index contributed by atoms with van der Waals surface area (Å²) in [4.78, 5) is 21.2. The van der Waals surface area contributed by atoms with Crippen molar-refractivity contribution in [3.63, 3.8) is 0 Å². The van der Waals surface area contributed by atoms with Gasteiger partial charge in [0.15, 0.2) is 0 Å². The second-order valence-corrected chi connectivity index (χ2v) is 7.12. The number of nitrogens with one attached hydrogen (secondary N) is 2. The van der Waals surface area contributed by atoms with Gasteiger partial charge in [0.2, 0.25) is 5.95 Å². The highest BCUT2D eigenvalue weighted by molar-refractivity contribution is 9.10. The Hall–Kier alpha value is -1.95. The van der Waals surface area contributed by atoms with Gasteiger partial charge in [0.25, 0.3) is 5.91 Å². The molecule has 1 fully saturated rings. The molecule has 2 N–H and O–H groups in total. The summed E-state index contributed by atoms with van der Waals surface area (Å²) < 4.78 is 1.05.